The van der Waals surface area contributed by atoms with Crippen molar-refractivity contribution >= 4 is 27.5 Å². The molecule has 0 saturated carbocycles. The van der Waals surface area contributed by atoms with Crippen molar-refractivity contribution in [1.82, 2.24) is 19.4 Å². The molecule has 2 aliphatic heterocycles. The van der Waals surface area contributed by atoms with E-state index in [1.54, 1.807) is 7.05 Å². The highest BCUT2D eigenvalue weighted by Crippen LogP contribution is 2.33. The van der Waals surface area contributed by atoms with Crippen LogP contribution in [0.5, 0.6) is 11.5 Å². The van der Waals surface area contributed by atoms with Crippen LogP contribution in [0.25, 0.3) is 10.2 Å². The van der Waals surface area contributed by atoms with Gasteiger partial charge in [-0.1, -0.05) is 6.07 Å². The summed E-state index contributed by atoms with van der Waals surface area (Å²) in [5, 5.41) is 0.551. The molecule has 4 heterocycles. The molecule has 0 N–H and O–H groups in total. The van der Waals surface area contributed by atoms with E-state index in [0.717, 1.165) is 36.7 Å². The summed E-state index contributed by atoms with van der Waals surface area (Å²) >= 11 is 1.31. The molecular weight excluding hydrogens is 404 g/mol. The van der Waals surface area contributed by atoms with Crippen LogP contribution in [0.1, 0.15) is 20.8 Å². The molecule has 1 aromatic carbocycles. The number of nitrogens with zero attached hydrogens (tertiary/aromatic N) is 4. The van der Waals surface area contributed by atoms with Crippen molar-refractivity contribution < 1.29 is 14.3 Å². The fourth-order valence-electron chi connectivity index (χ4n) is 3.96. The van der Waals surface area contributed by atoms with Crippen molar-refractivity contribution in [3.8, 4) is 11.5 Å². The van der Waals surface area contributed by atoms with Gasteiger partial charge in [-0.15, -0.1) is 11.3 Å². The first-order valence-corrected chi connectivity index (χ1v) is 10.7. The van der Waals surface area contributed by atoms with Gasteiger partial charge in [-0.05, 0) is 30.2 Å². The molecule has 156 valence electrons. The van der Waals surface area contributed by atoms with Gasteiger partial charge < -0.3 is 18.9 Å². The molecule has 30 heavy (non-hydrogen) atoms. The van der Waals surface area contributed by atoms with Crippen LogP contribution in [0.15, 0.2) is 29.3 Å². The van der Waals surface area contributed by atoms with Crippen LogP contribution in [0.3, 0.4) is 0 Å². The molecule has 1 amide bonds. The number of carbonyl (C=O) groups is 1. The minimum atomic E-state index is -0.110. The van der Waals surface area contributed by atoms with Gasteiger partial charge >= 0.3 is 0 Å². The van der Waals surface area contributed by atoms with Crippen molar-refractivity contribution in [2.24, 2.45) is 7.05 Å². The number of thiophene rings is 1. The highest BCUT2D eigenvalue weighted by atomic mass is 32.1. The average Bonchev–Trinajstić information content (AvgIpc) is 3.35. The normalized spacial score (nSPS) is 16.4. The maximum absolute atomic E-state index is 13.1. The molecule has 1 fully saturated rings. The van der Waals surface area contributed by atoms with E-state index in [1.165, 1.54) is 27.8 Å². The Kier molecular flexibility index (Phi) is 4.71. The summed E-state index contributed by atoms with van der Waals surface area (Å²) in [6.45, 7) is 5.82. The molecule has 0 unspecified atom stereocenters. The van der Waals surface area contributed by atoms with E-state index in [9.17, 15) is 9.59 Å². The SMILES string of the molecule is Cc1c(C(=O)N2CCN(Cc3ccc4c(c3)OCO4)CC2)sc2ncn(C)c(=O)c12. The third-order valence-electron chi connectivity index (χ3n) is 5.71. The van der Waals surface area contributed by atoms with Gasteiger partial charge in [0.05, 0.1) is 16.6 Å². The summed E-state index contributed by atoms with van der Waals surface area (Å²) in [6.07, 6.45) is 1.50. The van der Waals surface area contributed by atoms with Crippen molar-refractivity contribution in [2.45, 2.75) is 13.5 Å². The highest BCUT2D eigenvalue weighted by molar-refractivity contribution is 7.20. The van der Waals surface area contributed by atoms with Crippen LogP contribution in [0, 0.1) is 6.92 Å². The van der Waals surface area contributed by atoms with Gasteiger partial charge in [0.15, 0.2) is 11.5 Å². The van der Waals surface area contributed by atoms with E-state index in [1.807, 2.05) is 24.0 Å². The van der Waals surface area contributed by atoms with Crippen LogP contribution >= 0.6 is 11.3 Å². The molecule has 2 aliphatic rings. The van der Waals surface area contributed by atoms with Gasteiger partial charge in [0.25, 0.3) is 11.5 Å². The summed E-state index contributed by atoms with van der Waals surface area (Å²) in [6, 6.07) is 6.02. The van der Waals surface area contributed by atoms with E-state index in [0.29, 0.717) is 28.2 Å². The number of rotatable bonds is 3. The van der Waals surface area contributed by atoms with Crippen LogP contribution in [0.4, 0.5) is 0 Å². The zero-order valence-electron chi connectivity index (χ0n) is 16.9. The average molecular weight is 426 g/mol. The lowest BCUT2D eigenvalue weighted by Crippen LogP contribution is -2.48. The Labute approximate surface area is 177 Å². The number of aromatic nitrogens is 2. The molecule has 0 radical (unpaired) electrons. The number of amides is 1. The Morgan fingerprint density at radius 1 is 1.17 bits per heavy atom. The van der Waals surface area contributed by atoms with E-state index in [2.05, 4.69) is 16.0 Å². The zero-order valence-corrected chi connectivity index (χ0v) is 17.7. The van der Waals surface area contributed by atoms with Crippen molar-refractivity contribution in [2.75, 3.05) is 33.0 Å². The van der Waals surface area contributed by atoms with Crippen LogP contribution in [-0.2, 0) is 13.6 Å². The molecule has 2 aromatic heterocycles. The molecule has 8 nitrogen and oxygen atoms in total. The van der Waals surface area contributed by atoms with Gasteiger partial charge in [0.1, 0.15) is 4.83 Å². The number of benzene rings is 1. The summed E-state index contributed by atoms with van der Waals surface area (Å²) in [4.78, 5) is 35.3. The summed E-state index contributed by atoms with van der Waals surface area (Å²) in [5.41, 5.74) is 1.79. The molecule has 5 rings (SSSR count). The minimum absolute atomic E-state index is 0.0136. The highest BCUT2D eigenvalue weighted by Gasteiger charge is 2.27. The summed E-state index contributed by atoms with van der Waals surface area (Å²) in [7, 11) is 1.67. The standard InChI is InChI=1S/C21H22N4O4S/c1-13-17-19(22-11-23(2)20(17)26)30-18(13)21(27)25-7-5-24(6-8-25)10-14-3-4-15-16(9-14)29-12-28-15/h3-4,9,11H,5-8,10,12H2,1-2H3. The van der Waals surface area contributed by atoms with Crippen molar-refractivity contribution in [3.05, 3.63) is 50.9 Å². The van der Waals surface area contributed by atoms with Gasteiger partial charge in [-0.3, -0.25) is 14.5 Å². The van der Waals surface area contributed by atoms with Gasteiger partial charge in [-0.2, -0.15) is 0 Å². The van der Waals surface area contributed by atoms with Crippen LogP contribution < -0.4 is 15.0 Å². The second-order valence-corrected chi connectivity index (χ2v) is 8.65. The lowest BCUT2D eigenvalue weighted by molar-refractivity contribution is 0.0632. The van der Waals surface area contributed by atoms with Crippen molar-refractivity contribution in [1.29, 1.82) is 0 Å². The number of piperazine rings is 1. The van der Waals surface area contributed by atoms with Crippen LogP contribution in [0.2, 0.25) is 0 Å². The minimum Gasteiger partial charge on any atom is -0.454 e. The number of ether oxygens (including phenoxy) is 2. The van der Waals surface area contributed by atoms with E-state index >= 15 is 0 Å². The van der Waals surface area contributed by atoms with Crippen molar-refractivity contribution in [3.63, 3.8) is 0 Å². The second kappa shape index (κ2) is 7.41. The Hall–Kier alpha value is -2.91. The quantitative estimate of drug-likeness (QED) is 0.638. The molecule has 9 heteroatoms. The summed E-state index contributed by atoms with van der Waals surface area (Å²) < 4.78 is 12.3. The van der Waals surface area contributed by atoms with Gasteiger partial charge in [0, 0.05) is 39.8 Å². The topological polar surface area (TPSA) is 76.9 Å². The second-order valence-electron chi connectivity index (χ2n) is 7.65. The van der Waals surface area contributed by atoms with E-state index in [-0.39, 0.29) is 18.3 Å². The van der Waals surface area contributed by atoms with E-state index < -0.39 is 0 Å². The summed E-state index contributed by atoms with van der Waals surface area (Å²) in [5.74, 6) is 1.57. The zero-order chi connectivity index (χ0) is 20.8. The number of fused-ring (bicyclic) bond motifs is 2. The molecule has 1 saturated heterocycles. The fourth-order valence-corrected chi connectivity index (χ4v) is 5.07. The number of hydrogen-bond donors (Lipinski definition) is 0. The number of carbonyl (C=O) groups excluding carboxylic acids is 1. The maximum Gasteiger partial charge on any atom is 0.264 e. The fraction of sp³-hybridized carbons (Fsp3) is 0.381. The first-order valence-electron chi connectivity index (χ1n) is 9.86. The molecule has 0 atom stereocenters. The molecular formula is C21H22N4O4S. The molecule has 0 bridgehead atoms. The Balaban J connectivity index is 1.27. The van der Waals surface area contributed by atoms with Gasteiger partial charge in [-0.25, -0.2) is 4.98 Å². The Morgan fingerprint density at radius 3 is 2.73 bits per heavy atom. The van der Waals surface area contributed by atoms with Gasteiger partial charge in [0.2, 0.25) is 6.79 Å². The maximum atomic E-state index is 13.1. The third kappa shape index (κ3) is 3.23. The number of aryl methyl sites for hydroxylation is 2. The molecule has 0 spiro atoms. The Morgan fingerprint density at radius 2 is 1.93 bits per heavy atom. The smallest absolute Gasteiger partial charge is 0.264 e. The van der Waals surface area contributed by atoms with Crippen LogP contribution in [-0.4, -0.2) is 58.2 Å². The predicted octanol–water partition coefficient (Wildman–Crippen LogP) is 1.99. The Bertz CT molecular complexity index is 1190. The lowest BCUT2D eigenvalue weighted by atomic mass is 10.1. The van der Waals surface area contributed by atoms with E-state index in [4.69, 9.17) is 9.47 Å². The number of hydrogen-bond acceptors (Lipinski definition) is 7. The lowest BCUT2D eigenvalue weighted by Gasteiger charge is -2.34. The molecule has 0 aliphatic carbocycles. The third-order valence-corrected chi connectivity index (χ3v) is 6.90. The molecule has 3 aromatic rings. The first-order chi connectivity index (χ1) is 14.5. The predicted molar refractivity (Wildman–Crippen MR) is 113 cm³/mol. The monoisotopic (exact) mass is 426 g/mol. The first kappa shape index (κ1) is 19.1. The largest absolute Gasteiger partial charge is 0.454 e.